The lowest BCUT2D eigenvalue weighted by Gasteiger charge is -2.02. The van der Waals surface area contributed by atoms with Crippen LogP contribution in [-0.4, -0.2) is 21.0 Å². The number of nitro benzene ring substituents is 1. The van der Waals surface area contributed by atoms with Crippen LogP contribution < -0.4 is 5.32 Å². The molecule has 0 aliphatic heterocycles. The zero-order chi connectivity index (χ0) is 12.6. The first-order chi connectivity index (χ1) is 7.99. The lowest BCUT2D eigenvalue weighted by molar-refractivity contribution is -0.384. The van der Waals surface area contributed by atoms with E-state index in [4.69, 9.17) is 11.6 Å². The second-order valence-electron chi connectivity index (χ2n) is 3.37. The van der Waals surface area contributed by atoms with Crippen LogP contribution in [0.25, 0.3) is 10.9 Å². The number of aromatic amines is 1. The molecule has 1 aromatic carbocycles. The summed E-state index contributed by atoms with van der Waals surface area (Å²) in [5.74, 6) is -0.342. The van der Waals surface area contributed by atoms with E-state index in [0.717, 1.165) is 0 Å². The summed E-state index contributed by atoms with van der Waals surface area (Å²) in [6.45, 7) is 1.30. The zero-order valence-corrected chi connectivity index (χ0v) is 9.41. The minimum absolute atomic E-state index is 0.162. The number of amides is 1. The van der Waals surface area contributed by atoms with Crippen molar-refractivity contribution >= 4 is 39.8 Å². The summed E-state index contributed by atoms with van der Waals surface area (Å²) >= 11 is 5.80. The molecule has 1 aromatic heterocycles. The Labute approximate surface area is 99.9 Å². The number of hydrogen-bond acceptors (Lipinski definition) is 4. The molecule has 0 aliphatic rings. The van der Waals surface area contributed by atoms with Gasteiger partial charge in [-0.2, -0.15) is 5.10 Å². The number of nitrogens with one attached hydrogen (secondary N) is 2. The quantitative estimate of drug-likeness (QED) is 0.633. The molecule has 0 saturated carbocycles. The molecule has 2 rings (SSSR count). The van der Waals surface area contributed by atoms with Crippen molar-refractivity contribution in [2.45, 2.75) is 6.92 Å². The van der Waals surface area contributed by atoms with Gasteiger partial charge >= 0.3 is 0 Å². The third-order valence-corrected chi connectivity index (χ3v) is 2.41. The molecule has 17 heavy (non-hydrogen) atoms. The number of carbonyl (C=O) groups is 1. The van der Waals surface area contributed by atoms with Crippen LogP contribution >= 0.6 is 11.6 Å². The Balaban J connectivity index is 2.70. The number of carbonyl (C=O) groups excluding carboxylic acids is 1. The third-order valence-electron chi connectivity index (χ3n) is 2.12. The van der Waals surface area contributed by atoms with E-state index in [1.165, 1.54) is 19.1 Å². The van der Waals surface area contributed by atoms with Crippen LogP contribution in [0, 0.1) is 10.1 Å². The van der Waals surface area contributed by atoms with Crippen LogP contribution in [0.2, 0.25) is 5.15 Å². The van der Waals surface area contributed by atoms with E-state index in [9.17, 15) is 14.9 Å². The number of anilines is 1. The van der Waals surface area contributed by atoms with Gasteiger partial charge in [0.2, 0.25) is 5.91 Å². The molecular weight excluding hydrogens is 248 g/mol. The van der Waals surface area contributed by atoms with E-state index in [1.807, 2.05) is 0 Å². The van der Waals surface area contributed by atoms with Gasteiger partial charge in [-0.3, -0.25) is 20.0 Å². The maximum atomic E-state index is 11.0. The first kappa shape index (κ1) is 11.3. The highest BCUT2D eigenvalue weighted by Crippen LogP contribution is 2.31. The molecule has 88 valence electrons. The molecule has 0 unspecified atom stereocenters. The first-order valence-corrected chi connectivity index (χ1v) is 4.96. The highest BCUT2D eigenvalue weighted by atomic mass is 35.5. The molecule has 0 radical (unpaired) electrons. The summed E-state index contributed by atoms with van der Waals surface area (Å²) in [7, 11) is 0. The second-order valence-corrected chi connectivity index (χ2v) is 3.74. The molecule has 2 N–H and O–H groups in total. The van der Waals surface area contributed by atoms with Crippen molar-refractivity contribution in [1.29, 1.82) is 0 Å². The largest absolute Gasteiger partial charge is 0.324 e. The fourth-order valence-corrected chi connectivity index (χ4v) is 1.65. The van der Waals surface area contributed by atoms with E-state index in [1.54, 1.807) is 0 Å². The lowest BCUT2D eigenvalue weighted by Crippen LogP contribution is -2.06. The van der Waals surface area contributed by atoms with Gasteiger partial charge in [0.25, 0.3) is 5.69 Å². The normalized spacial score (nSPS) is 10.5. The molecule has 0 fully saturated rings. The van der Waals surface area contributed by atoms with Crippen molar-refractivity contribution in [3.8, 4) is 0 Å². The van der Waals surface area contributed by atoms with E-state index in [2.05, 4.69) is 15.5 Å². The van der Waals surface area contributed by atoms with E-state index >= 15 is 0 Å². The molecular formula is C9H7ClN4O3. The Morgan fingerprint density at radius 3 is 2.88 bits per heavy atom. The Hall–Kier alpha value is -2.15. The number of aromatic nitrogens is 2. The van der Waals surface area contributed by atoms with Crippen LogP contribution in [0.15, 0.2) is 12.1 Å². The Morgan fingerprint density at radius 1 is 1.59 bits per heavy atom. The highest BCUT2D eigenvalue weighted by molar-refractivity contribution is 6.34. The minimum Gasteiger partial charge on any atom is -0.324 e. The Kier molecular flexibility index (Phi) is 2.68. The maximum Gasteiger partial charge on any atom is 0.272 e. The average molecular weight is 255 g/mol. The monoisotopic (exact) mass is 254 g/mol. The van der Waals surface area contributed by atoms with Crippen molar-refractivity contribution in [3.05, 3.63) is 27.4 Å². The number of fused-ring (bicyclic) bond motifs is 1. The highest BCUT2D eigenvalue weighted by Gasteiger charge is 2.16. The zero-order valence-electron chi connectivity index (χ0n) is 8.65. The Morgan fingerprint density at radius 2 is 2.29 bits per heavy atom. The fraction of sp³-hybridized carbons (Fsp3) is 0.111. The van der Waals surface area contributed by atoms with Gasteiger partial charge in [0, 0.05) is 24.4 Å². The fourth-order valence-electron chi connectivity index (χ4n) is 1.46. The number of rotatable bonds is 2. The summed E-state index contributed by atoms with van der Waals surface area (Å²) in [6, 6.07) is 2.54. The first-order valence-electron chi connectivity index (χ1n) is 4.58. The average Bonchev–Trinajstić information content (AvgIpc) is 2.60. The standard InChI is InChI=1S/C9H7ClN4O3/c1-4(15)11-7-3-5(14(16)17)2-6-8(7)12-13-9(6)10/h2-3H,1H3,(H,11,15)(H,12,13). The van der Waals surface area contributed by atoms with Crippen molar-refractivity contribution in [2.75, 3.05) is 5.32 Å². The van der Waals surface area contributed by atoms with Crippen molar-refractivity contribution in [1.82, 2.24) is 10.2 Å². The van der Waals surface area contributed by atoms with Gasteiger partial charge in [-0.15, -0.1) is 0 Å². The molecule has 0 aliphatic carbocycles. The smallest absolute Gasteiger partial charge is 0.272 e. The van der Waals surface area contributed by atoms with Gasteiger partial charge in [-0.25, -0.2) is 0 Å². The van der Waals surface area contributed by atoms with Crippen molar-refractivity contribution in [2.24, 2.45) is 0 Å². The molecule has 1 amide bonds. The number of halogens is 1. The van der Waals surface area contributed by atoms with Crippen LogP contribution in [-0.2, 0) is 4.79 Å². The number of H-pyrrole nitrogens is 1. The van der Waals surface area contributed by atoms with E-state index in [0.29, 0.717) is 10.9 Å². The van der Waals surface area contributed by atoms with E-state index in [-0.39, 0.29) is 22.4 Å². The van der Waals surface area contributed by atoms with Crippen LogP contribution in [0.1, 0.15) is 6.92 Å². The predicted molar refractivity (Wildman–Crippen MR) is 62.1 cm³/mol. The summed E-state index contributed by atoms with van der Waals surface area (Å²) < 4.78 is 0. The van der Waals surface area contributed by atoms with Crippen molar-refractivity contribution in [3.63, 3.8) is 0 Å². The molecule has 8 heteroatoms. The topological polar surface area (TPSA) is 101 Å². The summed E-state index contributed by atoms with van der Waals surface area (Å²) in [4.78, 5) is 21.2. The molecule has 0 saturated heterocycles. The molecule has 7 nitrogen and oxygen atoms in total. The predicted octanol–water partition coefficient (Wildman–Crippen LogP) is 2.08. The number of nitro groups is 1. The molecule has 0 spiro atoms. The van der Waals surface area contributed by atoms with Crippen LogP contribution in [0.5, 0.6) is 0 Å². The van der Waals surface area contributed by atoms with E-state index < -0.39 is 4.92 Å². The van der Waals surface area contributed by atoms with Gasteiger partial charge in [0.05, 0.1) is 10.6 Å². The SMILES string of the molecule is CC(=O)Nc1cc([N+](=O)[O-])cc2c(Cl)[nH]nc12. The molecule has 1 heterocycles. The van der Waals surface area contributed by atoms with Crippen LogP contribution in [0.3, 0.4) is 0 Å². The number of non-ortho nitro benzene ring substituents is 1. The van der Waals surface area contributed by atoms with Gasteiger partial charge in [0.1, 0.15) is 10.7 Å². The van der Waals surface area contributed by atoms with Gasteiger partial charge in [-0.1, -0.05) is 11.6 Å². The van der Waals surface area contributed by atoms with Gasteiger partial charge < -0.3 is 5.32 Å². The lowest BCUT2D eigenvalue weighted by atomic mass is 10.2. The molecule has 2 aromatic rings. The summed E-state index contributed by atoms with van der Waals surface area (Å²) in [5, 5.41) is 20.2. The third kappa shape index (κ3) is 2.04. The minimum atomic E-state index is -0.561. The molecule has 0 bridgehead atoms. The van der Waals surface area contributed by atoms with Crippen LogP contribution in [0.4, 0.5) is 11.4 Å². The number of nitrogens with zero attached hydrogens (tertiary/aromatic N) is 2. The molecule has 0 atom stereocenters. The Bertz CT molecular complexity index is 622. The van der Waals surface area contributed by atoms with Gasteiger partial charge in [0.15, 0.2) is 0 Å². The second kappa shape index (κ2) is 4.02. The van der Waals surface area contributed by atoms with Crippen molar-refractivity contribution < 1.29 is 9.72 Å². The number of hydrogen-bond donors (Lipinski definition) is 2. The summed E-state index contributed by atoms with van der Waals surface area (Å²) in [6.07, 6.45) is 0. The maximum absolute atomic E-state index is 11.0. The van der Waals surface area contributed by atoms with Gasteiger partial charge in [-0.05, 0) is 0 Å². The number of benzene rings is 1. The summed E-state index contributed by atoms with van der Waals surface area (Å²) in [5.41, 5.74) is 0.477.